The molecule has 2 amide bonds. The summed E-state index contributed by atoms with van der Waals surface area (Å²) < 4.78 is 38.4. The Kier molecular flexibility index (Phi) is 8.66. The van der Waals surface area contributed by atoms with Gasteiger partial charge in [-0.15, -0.1) is 12.4 Å². The first-order chi connectivity index (χ1) is 13.1. The topological polar surface area (TPSA) is 84.2 Å². The number of benzene rings is 2. The van der Waals surface area contributed by atoms with Crippen LogP contribution in [0.4, 0.5) is 24.5 Å². The number of rotatable bonds is 6. The average molecular weight is 430 g/mol. The molecule has 0 aromatic heterocycles. The van der Waals surface area contributed by atoms with Crippen molar-refractivity contribution in [1.82, 2.24) is 0 Å². The summed E-state index contributed by atoms with van der Waals surface area (Å²) in [5.41, 5.74) is 6.25. The number of hydrogen-bond donors (Lipinski definition) is 3. The van der Waals surface area contributed by atoms with Crippen LogP contribution in [0, 0.1) is 6.92 Å². The Morgan fingerprint density at radius 2 is 1.79 bits per heavy atom. The second-order valence-electron chi connectivity index (χ2n) is 6.63. The van der Waals surface area contributed by atoms with Crippen LogP contribution in [0.2, 0.25) is 0 Å². The highest BCUT2D eigenvalue weighted by Crippen LogP contribution is 2.30. The summed E-state index contributed by atoms with van der Waals surface area (Å²) in [6.07, 6.45) is -3.72. The van der Waals surface area contributed by atoms with Crippen molar-refractivity contribution in [2.45, 2.75) is 38.9 Å². The Morgan fingerprint density at radius 3 is 2.41 bits per heavy atom. The van der Waals surface area contributed by atoms with Crippen molar-refractivity contribution >= 4 is 35.6 Å². The van der Waals surface area contributed by atoms with E-state index in [9.17, 15) is 22.8 Å². The van der Waals surface area contributed by atoms with Gasteiger partial charge in [-0.2, -0.15) is 13.2 Å². The molecule has 0 aliphatic carbocycles. The van der Waals surface area contributed by atoms with Crippen LogP contribution in [0.1, 0.15) is 41.3 Å². The zero-order valence-corrected chi connectivity index (χ0v) is 16.8. The maximum Gasteiger partial charge on any atom is 0.416 e. The number of aryl methyl sites for hydroxylation is 1. The van der Waals surface area contributed by atoms with Crippen molar-refractivity contribution in [3.05, 3.63) is 59.2 Å². The van der Waals surface area contributed by atoms with E-state index in [-0.39, 0.29) is 42.0 Å². The maximum atomic E-state index is 12.8. The minimum atomic E-state index is -4.50. The number of halogens is 4. The number of nitrogens with two attached hydrogens (primary N) is 1. The number of amides is 2. The molecule has 5 nitrogen and oxygen atoms in total. The predicted molar refractivity (Wildman–Crippen MR) is 109 cm³/mol. The van der Waals surface area contributed by atoms with Gasteiger partial charge in [0.1, 0.15) is 0 Å². The Balaban J connectivity index is 0.00000420. The summed E-state index contributed by atoms with van der Waals surface area (Å²) in [4.78, 5) is 24.4. The molecule has 0 heterocycles. The third-order valence-electron chi connectivity index (χ3n) is 4.05. The van der Waals surface area contributed by atoms with Gasteiger partial charge in [0.05, 0.1) is 5.56 Å². The van der Waals surface area contributed by atoms with Crippen LogP contribution in [0.5, 0.6) is 0 Å². The minimum absolute atomic E-state index is 0. The molecule has 9 heteroatoms. The second-order valence-corrected chi connectivity index (χ2v) is 6.63. The van der Waals surface area contributed by atoms with Gasteiger partial charge >= 0.3 is 6.18 Å². The monoisotopic (exact) mass is 429 g/mol. The van der Waals surface area contributed by atoms with Gasteiger partial charge in [0, 0.05) is 29.4 Å². The molecule has 2 aromatic carbocycles. The number of carbonyl (C=O) groups excluding carboxylic acids is 2. The molecule has 0 saturated heterocycles. The van der Waals surface area contributed by atoms with Crippen molar-refractivity contribution in [1.29, 1.82) is 0 Å². The van der Waals surface area contributed by atoms with E-state index in [1.807, 2.05) is 0 Å². The highest BCUT2D eigenvalue weighted by atomic mass is 35.5. The predicted octanol–water partition coefficient (Wildman–Crippen LogP) is 4.75. The van der Waals surface area contributed by atoms with Crippen LogP contribution in [0.3, 0.4) is 0 Å². The summed E-state index contributed by atoms with van der Waals surface area (Å²) in [6.45, 7) is 3.58. The molecular formula is C20H23ClF3N3O2. The first-order valence-corrected chi connectivity index (χ1v) is 8.71. The number of alkyl halides is 3. The van der Waals surface area contributed by atoms with E-state index in [1.54, 1.807) is 19.9 Å². The molecule has 0 radical (unpaired) electrons. The summed E-state index contributed by atoms with van der Waals surface area (Å²) >= 11 is 0. The summed E-state index contributed by atoms with van der Waals surface area (Å²) in [7, 11) is 0. The smallest absolute Gasteiger partial charge is 0.328 e. The average Bonchev–Trinajstić information content (AvgIpc) is 2.61. The lowest BCUT2D eigenvalue weighted by Crippen LogP contribution is -2.20. The van der Waals surface area contributed by atoms with Crippen molar-refractivity contribution < 1.29 is 22.8 Å². The molecule has 29 heavy (non-hydrogen) atoms. The van der Waals surface area contributed by atoms with Crippen LogP contribution in [0.25, 0.3) is 0 Å². The van der Waals surface area contributed by atoms with Crippen molar-refractivity contribution in [3.63, 3.8) is 0 Å². The van der Waals surface area contributed by atoms with Gasteiger partial charge in [0.2, 0.25) is 5.91 Å². The third-order valence-corrected chi connectivity index (χ3v) is 4.05. The second kappa shape index (κ2) is 10.3. The summed E-state index contributed by atoms with van der Waals surface area (Å²) in [5, 5.41) is 5.17. The van der Waals surface area contributed by atoms with E-state index in [4.69, 9.17) is 5.73 Å². The van der Waals surface area contributed by atoms with E-state index >= 15 is 0 Å². The Labute approximate surface area is 173 Å². The fourth-order valence-electron chi connectivity index (χ4n) is 2.45. The van der Waals surface area contributed by atoms with Crippen molar-refractivity contribution in [2.75, 3.05) is 10.6 Å². The molecule has 0 aliphatic rings. The zero-order chi connectivity index (χ0) is 20.9. The first kappa shape index (κ1) is 24.5. The molecule has 2 rings (SSSR count). The highest BCUT2D eigenvalue weighted by molar-refractivity contribution is 6.05. The van der Waals surface area contributed by atoms with Gasteiger partial charge in [-0.05, 0) is 56.2 Å². The standard InChI is InChI=1S/C20H22F3N3O2.ClH/c1-12-6-8-14(10-17(12)26-18(27)9-7-13(2)24)19(28)25-16-5-3-4-15(11-16)20(21,22)23;/h3-6,8,10-11,13H,7,9,24H2,1-2H3,(H,25,28)(H,26,27);1H. The number of hydrogen-bond acceptors (Lipinski definition) is 3. The van der Waals surface area contributed by atoms with Crippen LogP contribution >= 0.6 is 12.4 Å². The molecule has 0 aliphatic heterocycles. The quantitative estimate of drug-likeness (QED) is 0.619. The molecule has 1 atom stereocenters. The van der Waals surface area contributed by atoms with Crippen molar-refractivity contribution in [3.8, 4) is 0 Å². The van der Waals surface area contributed by atoms with E-state index in [0.29, 0.717) is 12.1 Å². The van der Waals surface area contributed by atoms with Gasteiger partial charge in [0.25, 0.3) is 5.91 Å². The van der Waals surface area contributed by atoms with Gasteiger partial charge < -0.3 is 16.4 Å². The number of nitrogens with one attached hydrogen (secondary N) is 2. The number of anilines is 2. The van der Waals surface area contributed by atoms with E-state index in [2.05, 4.69) is 10.6 Å². The lowest BCUT2D eigenvalue weighted by molar-refractivity contribution is -0.137. The van der Waals surface area contributed by atoms with Gasteiger partial charge in [0.15, 0.2) is 0 Å². The fourth-order valence-corrected chi connectivity index (χ4v) is 2.45. The Morgan fingerprint density at radius 1 is 1.10 bits per heavy atom. The van der Waals surface area contributed by atoms with Gasteiger partial charge in [-0.1, -0.05) is 12.1 Å². The van der Waals surface area contributed by atoms with Gasteiger partial charge in [-0.3, -0.25) is 9.59 Å². The first-order valence-electron chi connectivity index (χ1n) is 8.71. The van der Waals surface area contributed by atoms with Crippen LogP contribution in [0.15, 0.2) is 42.5 Å². The highest BCUT2D eigenvalue weighted by Gasteiger charge is 2.30. The molecule has 0 spiro atoms. The van der Waals surface area contributed by atoms with Crippen LogP contribution in [-0.4, -0.2) is 17.9 Å². The molecular weight excluding hydrogens is 407 g/mol. The molecule has 0 saturated carbocycles. The fraction of sp³-hybridized carbons (Fsp3) is 0.300. The molecule has 4 N–H and O–H groups in total. The largest absolute Gasteiger partial charge is 0.416 e. The minimum Gasteiger partial charge on any atom is -0.328 e. The van der Waals surface area contributed by atoms with Crippen molar-refractivity contribution in [2.24, 2.45) is 5.73 Å². The van der Waals surface area contributed by atoms with E-state index < -0.39 is 17.6 Å². The third kappa shape index (κ3) is 7.40. The molecule has 0 fully saturated rings. The Hall–Kier alpha value is -2.58. The van der Waals surface area contributed by atoms with E-state index in [0.717, 1.165) is 17.7 Å². The maximum absolute atomic E-state index is 12.8. The lowest BCUT2D eigenvalue weighted by atomic mass is 10.1. The number of carbonyl (C=O) groups is 2. The van der Waals surface area contributed by atoms with Gasteiger partial charge in [-0.25, -0.2) is 0 Å². The molecule has 158 valence electrons. The SMILES string of the molecule is Cc1ccc(C(=O)Nc2cccc(C(F)(F)F)c2)cc1NC(=O)CCC(C)N.Cl. The zero-order valence-electron chi connectivity index (χ0n) is 16.0. The Bertz CT molecular complexity index is 870. The molecule has 2 aromatic rings. The summed E-state index contributed by atoms with van der Waals surface area (Å²) in [5.74, 6) is -0.804. The van der Waals surface area contributed by atoms with Crippen LogP contribution < -0.4 is 16.4 Å². The molecule has 0 bridgehead atoms. The van der Waals surface area contributed by atoms with E-state index in [1.165, 1.54) is 24.3 Å². The van der Waals surface area contributed by atoms with Crippen LogP contribution in [-0.2, 0) is 11.0 Å². The molecule has 1 unspecified atom stereocenters. The normalized spacial score (nSPS) is 11.9. The summed E-state index contributed by atoms with van der Waals surface area (Å²) in [6, 6.07) is 8.96. The lowest BCUT2D eigenvalue weighted by Gasteiger charge is -2.12.